The molecule has 3 nitrogen and oxygen atoms in total. The van der Waals surface area contributed by atoms with Gasteiger partial charge in [0.1, 0.15) is 5.75 Å². The first-order valence-electron chi connectivity index (χ1n) is 4.73. The van der Waals surface area contributed by atoms with E-state index in [1.807, 2.05) is 51.0 Å². The second-order valence-corrected chi connectivity index (χ2v) is 3.82. The fraction of sp³-hybridized carbons (Fsp3) is 0.455. The van der Waals surface area contributed by atoms with E-state index in [2.05, 4.69) is 0 Å². The van der Waals surface area contributed by atoms with E-state index in [1.54, 1.807) is 0 Å². The van der Waals surface area contributed by atoms with Crippen molar-refractivity contribution in [3.8, 4) is 5.75 Å². The maximum atomic E-state index is 5.77. The number of ether oxygens (including phenoxy) is 1. The van der Waals surface area contributed by atoms with E-state index in [1.165, 1.54) is 0 Å². The monoisotopic (exact) mass is 194 g/mol. The molecule has 0 unspecified atom stereocenters. The van der Waals surface area contributed by atoms with E-state index in [0.29, 0.717) is 0 Å². The van der Waals surface area contributed by atoms with E-state index < -0.39 is 0 Å². The van der Waals surface area contributed by atoms with Gasteiger partial charge in [-0.15, -0.1) is 0 Å². The molecule has 0 spiro atoms. The number of benzene rings is 1. The van der Waals surface area contributed by atoms with Crippen molar-refractivity contribution in [3.05, 3.63) is 18.2 Å². The Balaban J connectivity index is 2.95. The third-order valence-electron chi connectivity index (χ3n) is 1.80. The molecule has 0 heterocycles. The summed E-state index contributed by atoms with van der Waals surface area (Å²) >= 11 is 0. The van der Waals surface area contributed by atoms with Gasteiger partial charge in [0, 0.05) is 37.6 Å². The molecule has 2 N–H and O–H groups in total. The lowest BCUT2D eigenvalue weighted by Gasteiger charge is -2.16. The predicted molar refractivity (Wildman–Crippen MR) is 60.9 cm³/mol. The summed E-state index contributed by atoms with van der Waals surface area (Å²) < 4.78 is 5.58. The zero-order valence-corrected chi connectivity index (χ0v) is 9.24. The van der Waals surface area contributed by atoms with Crippen molar-refractivity contribution in [1.29, 1.82) is 0 Å². The summed E-state index contributed by atoms with van der Waals surface area (Å²) in [5.41, 5.74) is 7.55. The quantitative estimate of drug-likeness (QED) is 0.749. The number of hydrogen-bond donors (Lipinski definition) is 1. The summed E-state index contributed by atoms with van der Waals surface area (Å²) in [5.74, 6) is 0.823. The first kappa shape index (κ1) is 10.7. The number of nitrogens with zero attached hydrogens (tertiary/aromatic N) is 1. The van der Waals surface area contributed by atoms with Crippen LogP contribution in [0.1, 0.15) is 13.8 Å². The predicted octanol–water partition coefficient (Wildman–Crippen LogP) is 2.12. The van der Waals surface area contributed by atoms with Crippen LogP contribution in [0.3, 0.4) is 0 Å². The molecule has 0 saturated heterocycles. The molecule has 1 rings (SSSR count). The molecular formula is C11H18N2O. The molecule has 0 bridgehead atoms. The van der Waals surface area contributed by atoms with Crippen molar-refractivity contribution in [1.82, 2.24) is 0 Å². The molecule has 1 aromatic rings. The topological polar surface area (TPSA) is 38.5 Å². The maximum Gasteiger partial charge on any atom is 0.123 e. The van der Waals surface area contributed by atoms with Crippen LogP contribution in [-0.4, -0.2) is 20.2 Å². The molecule has 0 saturated carbocycles. The van der Waals surface area contributed by atoms with Gasteiger partial charge < -0.3 is 15.4 Å². The van der Waals surface area contributed by atoms with E-state index in [4.69, 9.17) is 10.5 Å². The summed E-state index contributed by atoms with van der Waals surface area (Å²) in [7, 11) is 3.96. The van der Waals surface area contributed by atoms with Crippen molar-refractivity contribution in [2.45, 2.75) is 20.0 Å². The van der Waals surface area contributed by atoms with Crippen LogP contribution in [0, 0.1) is 0 Å². The van der Waals surface area contributed by atoms with Crippen LogP contribution in [-0.2, 0) is 0 Å². The molecule has 0 aromatic heterocycles. The zero-order valence-electron chi connectivity index (χ0n) is 9.24. The van der Waals surface area contributed by atoms with Crippen molar-refractivity contribution in [3.63, 3.8) is 0 Å². The van der Waals surface area contributed by atoms with Gasteiger partial charge in [0.25, 0.3) is 0 Å². The fourth-order valence-electron chi connectivity index (χ4n) is 1.20. The summed E-state index contributed by atoms with van der Waals surface area (Å²) in [5, 5.41) is 0. The van der Waals surface area contributed by atoms with Crippen molar-refractivity contribution in [2.24, 2.45) is 0 Å². The van der Waals surface area contributed by atoms with Crippen LogP contribution in [0.2, 0.25) is 0 Å². The Kier molecular flexibility index (Phi) is 3.23. The lowest BCUT2D eigenvalue weighted by atomic mass is 10.2. The smallest absolute Gasteiger partial charge is 0.123 e. The van der Waals surface area contributed by atoms with Crippen LogP contribution >= 0.6 is 0 Å². The van der Waals surface area contributed by atoms with Gasteiger partial charge in [-0.3, -0.25) is 0 Å². The second kappa shape index (κ2) is 4.22. The number of nitrogen functional groups attached to an aromatic ring is 1. The first-order valence-corrected chi connectivity index (χ1v) is 4.73. The van der Waals surface area contributed by atoms with Crippen molar-refractivity contribution in [2.75, 3.05) is 24.7 Å². The average Bonchev–Trinajstić information content (AvgIpc) is 2.01. The molecule has 0 radical (unpaired) electrons. The van der Waals surface area contributed by atoms with Crippen LogP contribution in [0.4, 0.5) is 11.4 Å². The zero-order chi connectivity index (χ0) is 10.7. The van der Waals surface area contributed by atoms with Crippen LogP contribution in [0.25, 0.3) is 0 Å². The molecule has 78 valence electrons. The first-order chi connectivity index (χ1) is 6.49. The van der Waals surface area contributed by atoms with Gasteiger partial charge in [-0.2, -0.15) is 0 Å². The number of rotatable bonds is 3. The van der Waals surface area contributed by atoms with E-state index in [9.17, 15) is 0 Å². The van der Waals surface area contributed by atoms with Gasteiger partial charge in [0.15, 0.2) is 0 Å². The molecule has 1 aromatic carbocycles. The Morgan fingerprint density at radius 1 is 1.21 bits per heavy atom. The lowest BCUT2D eigenvalue weighted by Crippen LogP contribution is -2.11. The Morgan fingerprint density at radius 2 is 1.86 bits per heavy atom. The molecule has 0 aliphatic heterocycles. The van der Waals surface area contributed by atoms with Crippen molar-refractivity contribution < 1.29 is 4.74 Å². The van der Waals surface area contributed by atoms with E-state index in [0.717, 1.165) is 17.1 Å². The van der Waals surface area contributed by atoms with Crippen LogP contribution in [0.15, 0.2) is 18.2 Å². The third kappa shape index (κ3) is 2.83. The highest BCUT2D eigenvalue weighted by molar-refractivity contribution is 5.59. The van der Waals surface area contributed by atoms with Gasteiger partial charge in [-0.1, -0.05) is 0 Å². The number of anilines is 2. The third-order valence-corrected chi connectivity index (χ3v) is 1.80. The summed E-state index contributed by atoms with van der Waals surface area (Å²) in [4.78, 5) is 2.00. The molecule has 0 aliphatic rings. The summed E-state index contributed by atoms with van der Waals surface area (Å²) in [6, 6.07) is 5.75. The molecular weight excluding hydrogens is 176 g/mol. The van der Waals surface area contributed by atoms with Gasteiger partial charge >= 0.3 is 0 Å². The molecule has 0 amide bonds. The van der Waals surface area contributed by atoms with Crippen LogP contribution < -0.4 is 15.4 Å². The van der Waals surface area contributed by atoms with Crippen LogP contribution in [0.5, 0.6) is 5.75 Å². The van der Waals surface area contributed by atoms with Gasteiger partial charge in [0.2, 0.25) is 0 Å². The second-order valence-electron chi connectivity index (χ2n) is 3.82. The minimum Gasteiger partial charge on any atom is -0.491 e. The Hall–Kier alpha value is -1.38. The van der Waals surface area contributed by atoms with Gasteiger partial charge in [-0.05, 0) is 19.9 Å². The Labute approximate surface area is 85.5 Å². The maximum absolute atomic E-state index is 5.77. The van der Waals surface area contributed by atoms with E-state index in [-0.39, 0.29) is 6.10 Å². The Morgan fingerprint density at radius 3 is 2.36 bits per heavy atom. The largest absolute Gasteiger partial charge is 0.491 e. The van der Waals surface area contributed by atoms with Gasteiger partial charge in [0.05, 0.1) is 6.10 Å². The lowest BCUT2D eigenvalue weighted by molar-refractivity contribution is 0.242. The highest BCUT2D eigenvalue weighted by Crippen LogP contribution is 2.24. The summed E-state index contributed by atoms with van der Waals surface area (Å²) in [6.45, 7) is 4.00. The highest BCUT2D eigenvalue weighted by Gasteiger charge is 2.03. The number of nitrogens with two attached hydrogens (primary N) is 1. The molecule has 0 aliphatic carbocycles. The van der Waals surface area contributed by atoms with E-state index >= 15 is 0 Å². The highest BCUT2D eigenvalue weighted by atomic mass is 16.5. The SMILES string of the molecule is CC(C)Oc1cc(N)cc(N(C)C)c1. The minimum absolute atomic E-state index is 0.173. The van der Waals surface area contributed by atoms with Crippen molar-refractivity contribution >= 4 is 11.4 Å². The normalized spacial score (nSPS) is 10.4. The molecule has 0 fully saturated rings. The average molecular weight is 194 g/mol. The molecule has 3 heteroatoms. The fourth-order valence-corrected chi connectivity index (χ4v) is 1.20. The molecule has 0 atom stereocenters. The standard InChI is InChI=1S/C11H18N2O/c1-8(2)14-11-6-9(12)5-10(7-11)13(3)4/h5-8H,12H2,1-4H3. The Bertz CT molecular complexity index is 308. The minimum atomic E-state index is 0.173. The van der Waals surface area contributed by atoms with Gasteiger partial charge in [-0.25, -0.2) is 0 Å². The number of hydrogen-bond acceptors (Lipinski definition) is 3. The molecule has 14 heavy (non-hydrogen) atoms. The summed E-state index contributed by atoms with van der Waals surface area (Å²) in [6.07, 6.45) is 0.173.